The fourth-order valence-electron chi connectivity index (χ4n) is 8.96. The van der Waals surface area contributed by atoms with Crippen LogP contribution in [0.5, 0.6) is 17.4 Å². The number of halogens is 2. The first-order valence-corrected chi connectivity index (χ1v) is 23.7. The van der Waals surface area contributed by atoms with Crippen molar-refractivity contribution in [1.82, 2.24) is 24.8 Å². The Morgan fingerprint density at radius 2 is 1.74 bits per heavy atom. The minimum atomic E-state index is -4.41. The first-order valence-electron chi connectivity index (χ1n) is 21.4. The topological polar surface area (TPSA) is 150 Å². The summed E-state index contributed by atoms with van der Waals surface area (Å²) in [4.78, 5) is 22.6. The first kappa shape index (κ1) is 44.0. The van der Waals surface area contributed by atoms with E-state index in [4.69, 9.17) is 32.7 Å². The summed E-state index contributed by atoms with van der Waals surface area (Å²) in [6, 6.07) is 20.1. The second kappa shape index (κ2) is 18.6. The van der Waals surface area contributed by atoms with E-state index < -0.39 is 15.9 Å². The number of amides is 1. The number of aliphatic hydroxyl groups excluding tert-OH is 1. The van der Waals surface area contributed by atoms with E-state index in [0.29, 0.717) is 23.7 Å². The Hall–Kier alpha value is -4.66. The molecule has 0 spiro atoms. The second-order valence-electron chi connectivity index (χ2n) is 17.8. The third-order valence-electron chi connectivity index (χ3n) is 12.8. The number of rotatable bonds is 13. The van der Waals surface area contributed by atoms with Crippen LogP contribution in [0.2, 0.25) is 10.0 Å². The van der Waals surface area contributed by atoms with E-state index in [1.165, 1.54) is 22.8 Å². The third-order valence-corrected chi connectivity index (χ3v) is 14.6. The number of ether oxygens (including phenoxy) is 2. The predicted molar refractivity (Wildman–Crippen MR) is 244 cm³/mol. The summed E-state index contributed by atoms with van der Waals surface area (Å²) in [5.74, 6) is 0.465. The van der Waals surface area contributed by atoms with Gasteiger partial charge in [0.2, 0.25) is 5.88 Å². The van der Waals surface area contributed by atoms with Crippen LogP contribution in [0, 0.1) is 17.3 Å². The largest absolute Gasteiger partial charge is 0.476 e. The number of piperazine rings is 1. The van der Waals surface area contributed by atoms with Crippen molar-refractivity contribution in [3.05, 3.63) is 106 Å². The number of hydrogen-bond acceptors (Lipinski definition) is 10. The number of aromatic amines is 1. The summed E-state index contributed by atoms with van der Waals surface area (Å²) in [6.07, 6.45) is 9.34. The minimum absolute atomic E-state index is 0.0149. The Bertz CT molecular complexity index is 2550. The number of anilines is 1. The smallest absolute Gasteiger partial charge is 0.268 e. The van der Waals surface area contributed by atoms with E-state index in [1.807, 2.05) is 37.3 Å². The molecule has 1 saturated carbocycles. The van der Waals surface area contributed by atoms with E-state index in [0.717, 1.165) is 100 Å². The molecule has 1 atom stereocenters. The maximum atomic E-state index is 13.9. The molecule has 3 N–H and O–H groups in total. The number of allylic oxidation sites excluding steroid dienone is 1. The molecule has 328 valence electrons. The zero-order chi connectivity index (χ0) is 43.6. The van der Waals surface area contributed by atoms with E-state index in [1.54, 1.807) is 24.4 Å². The molecule has 3 aliphatic rings. The standard InChI is InChI=1S/C47H54Cl2N6O6S/c1-30(56)32-9-7-31(8-10-32)29-60-46-41(49)24-37(26-50-46)62(58,59)53-45(57)38-16-15-36(23-44(38)61-43-6-4-5-42-40(43)27-51-52-42)55-21-19-54(20-22-55)28-34-17-18-47(2,3)25-39(34)33-11-13-35(48)14-12-33/h4-6,11-16,23-24,26-27,30-32,56H,7-10,17-22,25,28-29H2,1-3H3,(H,51,52)(H,53,57)/t30?,31-,32-. The second-order valence-corrected chi connectivity index (χ2v) is 20.3. The number of carbonyl (C=O) groups is 1. The molecule has 0 bridgehead atoms. The Labute approximate surface area is 373 Å². The average Bonchev–Trinajstić information content (AvgIpc) is 3.75. The number of aliphatic hydroxyl groups is 1. The van der Waals surface area contributed by atoms with E-state index in [2.05, 4.69) is 55.7 Å². The van der Waals surface area contributed by atoms with Crippen LogP contribution in [-0.2, 0) is 10.0 Å². The normalized spacial score (nSPS) is 20.3. The summed E-state index contributed by atoms with van der Waals surface area (Å²) < 4.78 is 41.8. The molecule has 2 aromatic heterocycles. The van der Waals surface area contributed by atoms with E-state index in [9.17, 15) is 18.3 Å². The van der Waals surface area contributed by atoms with Crippen molar-refractivity contribution in [2.45, 2.75) is 76.7 Å². The van der Waals surface area contributed by atoms with Crippen molar-refractivity contribution in [2.75, 3.05) is 44.2 Å². The lowest BCUT2D eigenvalue weighted by Crippen LogP contribution is -2.47. The lowest BCUT2D eigenvalue weighted by atomic mass is 9.72. The minimum Gasteiger partial charge on any atom is -0.476 e. The molecule has 1 saturated heterocycles. The first-order chi connectivity index (χ1) is 29.7. The van der Waals surface area contributed by atoms with Gasteiger partial charge in [-0.2, -0.15) is 5.10 Å². The molecule has 3 heterocycles. The van der Waals surface area contributed by atoms with Crippen LogP contribution < -0.4 is 19.1 Å². The maximum Gasteiger partial charge on any atom is 0.268 e. The van der Waals surface area contributed by atoms with Crippen LogP contribution in [0.15, 0.2) is 89.6 Å². The molecular weight excluding hydrogens is 848 g/mol. The van der Waals surface area contributed by atoms with Gasteiger partial charge in [-0.25, -0.2) is 18.1 Å². The van der Waals surface area contributed by atoms with Crippen LogP contribution >= 0.6 is 23.2 Å². The van der Waals surface area contributed by atoms with E-state index in [-0.39, 0.29) is 44.5 Å². The predicted octanol–water partition coefficient (Wildman–Crippen LogP) is 9.53. The SMILES string of the molecule is CC(O)[C@H]1CC[C@H](COc2ncc(S(=O)(=O)NC(=O)c3ccc(N4CCN(CC5=C(c6ccc(Cl)cc6)CC(C)(C)CC5)CC4)cc3Oc3cccc4[nH]ncc34)cc2Cl)CC1. The lowest BCUT2D eigenvalue weighted by Gasteiger charge is -2.39. The molecule has 15 heteroatoms. The van der Waals surface area contributed by atoms with Crippen molar-refractivity contribution >= 4 is 61.3 Å². The van der Waals surface area contributed by atoms with Crippen molar-refractivity contribution < 1.29 is 27.8 Å². The average molecular weight is 902 g/mol. The van der Waals surface area contributed by atoms with Gasteiger partial charge in [0.05, 0.1) is 41.6 Å². The van der Waals surface area contributed by atoms with Crippen molar-refractivity contribution in [1.29, 1.82) is 0 Å². The number of nitrogens with zero attached hydrogens (tertiary/aromatic N) is 4. The molecule has 5 aromatic rings. The van der Waals surface area contributed by atoms with Crippen LogP contribution in [0.25, 0.3) is 16.5 Å². The molecule has 3 aromatic carbocycles. The third kappa shape index (κ3) is 10.2. The Morgan fingerprint density at radius 3 is 2.47 bits per heavy atom. The fraction of sp³-hybridized carbons (Fsp3) is 0.426. The van der Waals surface area contributed by atoms with Gasteiger partial charge < -0.3 is 19.5 Å². The highest BCUT2D eigenvalue weighted by Gasteiger charge is 2.31. The van der Waals surface area contributed by atoms with Gasteiger partial charge in [-0.3, -0.25) is 14.8 Å². The van der Waals surface area contributed by atoms with Crippen molar-refractivity contribution in [3.63, 3.8) is 0 Å². The van der Waals surface area contributed by atoms with Crippen LogP contribution in [0.4, 0.5) is 5.69 Å². The number of benzene rings is 3. The van der Waals surface area contributed by atoms with Gasteiger partial charge in [0.25, 0.3) is 15.9 Å². The molecule has 2 aliphatic carbocycles. The molecule has 0 radical (unpaired) electrons. The highest BCUT2D eigenvalue weighted by Crippen LogP contribution is 2.44. The number of sulfonamides is 1. The number of fused-ring (bicyclic) bond motifs is 1. The number of carbonyl (C=O) groups excluding carboxylic acids is 1. The van der Waals surface area contributed by atoms with Crippen LogP contribution in [-0.4, -0.2) is 84.9 Å². The van der Waals surface area contributed by atoms with Crippen molar-refractivity contribution in [2.24, 2.45) is 17.3 Å². The monoisotopic (exact) mass is 900 g/mol. The number of hydrogen-bond donors (Lipinski definition) is 3. The van der Waals surface area contributed by atoms with Gasteiger partial charge in [0, 0.05) is 49.5 Å². The molecule has 62 heavy (non-hydrogen) atoms. The molecule has 1 aliphatic heterocycles. The Balaban J connectivity index is 0.972. The van der Waals surface area contributed by atoms with Gasteiger partial charge in [-0.15, -0.1) is 0 Å². The Morgan fingerprint density at radius 1 is 0.984 bits per heavy atom. The summed E-state index contributed by atoms with van der Waals surface area (Å²) in [5.41, 5.74) is 6.02. The van der Waals surface area contributed by atoms with Gasteiger partial charge >= 0.3 is 0 Å². The zero-order valence-electron chi connectivity index (χ0n) is 35.4. The number of H-pyrrole nitrogens is 1. The Kier molecular flexibility index (Phi) is 13.2. The lowest BCUT2D eigenvalue weighted by molar-refractivity contribution is 0.0779. The number of nitrogens with one attached hydrogen (secondary N) is 2. The molecular formula is C47H54Cl2N6O6S. The summed E-state index contributed by atoms with van der Waals surface area (Å²) in [6.45, 7) is 11.0. The van der Waals surface area contributed by atoms with Crippen molar-refractivity contribution in [3.8, 4) is 17.4 Å². The fourth-order valence-corrected chi connectivity index (χ4v) is 10.3. The zero-order valence-corrected chi connectivity index (χ0v) is 37.7. The van der Waals surface area contributed by atoms with E-state index >= 15 is 0 Å². The number of aromatic nitrogens is 3. The van der Waals surface area contributed by atoms with Gasteiger partial charge in [-0.1, -0.05) is 60.8 Å². The van der Waals surface area contributed by atoms with Gasteiger partial charge in [0.15, 0.2) is 0 Å². The molecule has 1 unspecified atom stereocenters. The molecule has 8 rings (SSSR count). The van der Waals surface area contributed by atoms with Gasteiger partial charge in [0.1, 0.15) is 21.4 Å². The summed E-state index contributed by atoms with van der Waals surface area (Å²) >= 11 is 12.7. The van der Waals surface area contributed by atoms with Crippen LogP contribution in [0.3, 0.4) is 0 Å². The van der Waals surface area contributed by atoms with Crippen LogP contribution in [0.1, 0.15) is 81.6 Å². The maximum absolute atomic E-state index is 13.9. The molecule has 12 nitrogen and oxygen atoms in total. The van der Waals surface area contributed by atoms with Gasteiger partial charge in [-0.05, 0) is 123 Å². The highest BCUT2D eigenvalue weighted by atomic mass is 35.5. The highest BCUT2D eigenvalue weighted by molar-refractivity contribution is 7.90. The quantitative estimate of drug-likeness (QED) is 0.104. The summed E-state index contributed by atoms with van der Waals surface area (Å²) in [7, 11) is -4.41. The summed E-state index contributed by atoms with van der Waals surface area (Å²) in [5, 5.41) is 18.5. The number of pyridine rings is 1. The molecule has 2 fully saturated rings. The molecule has 1 amide bonds.